The normalized spacial score (nSPS) is 12.3. The number of amides is 4. The van der Waals surface area contributed by atoms with Crippen molar-refractivity contribution in [2.24, 2.45) is 10.2 Å². The molecule has 0 spiro atoms. The summed E-state index contributed by atoms with van der Waals surface area (Å²) in [4.78, 5) is 51.4. The minimum absolute atomic E-state index is 0.0327. The van der Waals surface area contributed by atoms with E-state index in [1.165, 1.54) is 85.2 Å². The predicted molar refractivity (Wildman–Crippen MR) is 491 cm³/mol. The van der Waals surface area contributed by atoms with Crippen molar-refractivity contribution in [2.45, 2.75) is 31.7 Å². The average Bonchev–Trinajstić information content (AvgIpc) is 0.802. The topological polar surface area (TPSA) is 540 Å². The van der Waals surface area contributed by atoms with E-state index in [-0.39, 0.29) is 103 Å². The van der Waals surface area contributed by atoms with Crippen molar-refractivity contribution in [2.75, 3.05) is 58.2 Å². The second-order valence-electron chi connectivity index (χ2n) is 25.4. The van der Waals surface area contributed by atoms with Gasteiger partial charge in [0.2, 0.25) is 0 Å². The Kier molecular flexibility index (Phi) is 32.4. The van der Waals surface area contributed by atoms with E-state index in [9.17, 15) is 81.3 Å². The number of anilines is 6. The summed E-state index contributed by atoms with van der Waals surface area (Å²) in [6.45, 7) is 0.248. The van der Waals surface area contributed by atoms with E-state index in [2.05, 4.69) is 149 Å². The molecule has 640 valence electrons. The smallest absolute Gasteiger partial charge is 0.272 e. The molecule has 10 rings (SSSR count). The number of aromatic hydroxyl groups is 2. The van der Waals surface area contributed by atoms with Gasteiger partial charge in [0.05, 0.1) is 63.1 Å². The fraction of sp³-hybridized carbons (Fsp3) is 0.0789. The molecule has 2 unspecified atom stereocenters. The molecular weight excluding hydrogens is 2020 g/mol. The summed E-state index contributed by atoms with van der Waals surface area (Å²) in [7, 11) is -21.0. The first-order chi connectivity index (χ1) is 58.2. The number of carbonyl (C=O) groups is 4. The summed E-state index contributed by atoms with van der Waals surface area (Å²) in [5.74, 6) is -3.94. The van der Waals surface area contributed by atoms with Gasteiger partial charge in [0.1, 0.15) is 52.0 Å². The number of benzene rings is 10. The molecule has 47 heteroatoms. The Morgan fingerprint density at radius 2 is 0.659 bits per heavy atom. The Morgan fingerprint density at radius 3 is 0.959 bits per heavy atom. The van der Waals surface area contributed by atoms with Gasteiger partial charge in [0.25, 0.3) is 23.6 Å². The first kappa shape index (κ1) is 94.2. The van der Waals surface area contributed by atoms with Gasteiger partial charge >= 0.3 is 0 Å². The number of fused-ring (bicyclic) bond motifs is 2. The van der Waals surface area contributed by atoms with E-state index in [1.807, 2.05) is 36.4 Å². The summed E-state index contributed by atoms with van der Waals surface area (Å²) in [6, 6.07) is 41.5. The first-order valence-electron chi connectivity index (χ1n) is 34.9. The van der Waals surface area contributed by atoms with Crippen LogP contribution in [0.2, 0.25) is 0 Å². The zero-order chi connectivity index (χ0) is 89.1. The second-order valence-corrected chi connectivity index (χ2v) is 35.9. The minimum atomic E-state index is -5.29. The Hall–Kier alpha value is -11.1. The first-order valence-corrected chi connectivity index (χ1v) is 45.4. The minimum Gasteiger partial charge on any atom is -0.744 e. The number of nitrogens with zero attached hydrogens (tertiary/aromatic N) is 2. The van der Waals surface area contributed by atoms with Crippen LogP contribution >= 0.6 is 113 Å². The zero-order valence-electron chi connectivity index (χ0n) is 62.3. The number of carbonyl (C=O) groups excluding carboxylic acids is 4. The third-order valence-corrected chi connectivity index (χ3v) is 23.6. The van der Waals surface area contributed by atoms with Gasteiger partial charge in [-0.3, -0.25) is 40.9 Å². The molecule has 0 aromatic heterocycles. The Balaban J connectivity index is 0.676. The Morgan fingerprint density at radius 1 is 0.374 bits per heavy atom. The molecule has 2 atom stereocenters. The SMILES string of the molecule is O=C(N/N=C\c1cc(Br)c(O)c(Br)c1)C(Nc1ccc2ccccc2c1)C(=O)NNC(=S)Nc1ccc(/C=C/c2ccc(NC(=S)NCCOCCNC(=S)Nc3ccc(/C=C/c4ccc(NC(=S)NNC(=O)C(Nc5ccc6ccccc6c5)C(=O)N/N=C\c5cc(Br)c(O)c(Br)c5)cc4S(=O)(=O)[O-])c(S(=O)(=O)[O-])c3)cc2S(=O)(=O)[O-])c(S(=O)(=O)[O-])c1. The van der Waals surface area contributed by atoms with Crippen LogP contribution in [-0.2, 0) is 64.4 Å². The van der Waals surface area contributed by atoms with Crippen molar-refractivity contribution in [3.05, 3.63) is 233 Å². The van der Waals surface area contributed by atoms with E-state index in [0.717, 1.165) is 70.1 Å². The summed E-state index contributed by atoms with van der Waals surface area (Å²) in [6.07, 6.45) is 6.86. The predicted octanol–water partition coefficient (Wildman–Crippen LogP) is 9.60. The number of hydrogen-bond acceptors (Lipinski definition) is 27. The molecular formula is C76H62Br4N16O19S8-4. The van der Waals surface area contributed by atoms with Gasteiger partial charge in [0.15, 0.2) is 32.5 Å². The average molecular weight is 2080 g/mol. The van der Waals surface area contributed by atoms with Crippen LogP contribution in [-0.4, -0.2) is 157 Å². The molecule has 0 aliphatic heterocycles. The molecule has 0 saturated carbocycles. The molecule has 4 amide bonds. The maximum Gasteiger partial charge on any atom is 0.272 e. The maximum atomic E-state index is 13.7. The molecule has 0 aliphatic carbocycles. The van der Waals surface area contributed by atoms with Crippen molar-refractivity contribution in [3.8, 4) is 11.5 Å². The Bertz CT molecular complexity index is 6050. The van der Waals surface area contributed by atoms with Crippen LogP contribution in [0, 0.1) is 0 Å². The number of phenols is 2. The van der Waals surface area contributed by atoms with Gasteiger partial charge < -0.3 is 75.7 Å². The third kappa shape index (κ3) is 27.4. The van der Waals surface area contributed by atoms with Crippen LogP contribution in [0.25, 0.3) is 45.8 Å². The molecule has 0 heterocycles. The van der Waals surface area contributed by atoms with E-state index in [4.69, 9.17) is 53.6 Å². The molecule has 0 bridgehead atoms. The number of rotatable bonds is 30. The highest BCUT2D eigenvalue weighted by Crippen LogP contribution is 2.35. The van der Waals surface area contributed by atoms with Gasteiger partial charge in [-0.05, 0) is 265 Å². The van der Waals surface area contributed by atoms with Crippen LogP contribution in [0.1, 0.15) is 33.4 Å². The largest absolute Gasteiger partial charge is 0.744 e. The van der Waals surface area contributed by atoms with Crippen molar-refractivity contribution in [3.63, 3.8) is 0 Å². The molecule has 10 aromatic rings. The van der Waals surface area contributed by atoms with E-state index < -0.39 is 95.8 Å². The lowest BCUT2D eigenvalue weighted by atomic mass is 10.1. The lowest BCUT2D eigenvalue weighted by Crippen LogP contribution is -2.54. The van der Waals surface area contributed by atoms with Gasteiger partial charge in [-0.15, -0.1) is 0 Å². The van der Waals surface area contributed by atoms with Gasteiger partial charge in [0, 0.05) is 47.2 Å². The fourth-order valence-electron chi connectivity index (χ4n) is 11.0. The summed E-state index contributed by atoms with van der Waals surface area (Å²) < 4.78 is 159. The molecule has 35 nitrogen and oxygen atoms in total. The van der Waals surface area contributed by atoms with Gasteiger partial charge in [-0.25, -0.2) is 44.5 Å². The van der Waals surface area contributed by atoms with Crippen LogP contribution in [0.5, 0.6) is 11.5 Å². The van der Waals surface area contributed by atoms with E-state index in [1.54, 1.807) is 48.5 Å². The van der Waals surface area contributed by atoms with Gasteiger partial charge in [-0.2, -0.15) is 10.2 Å². The number of hydrogen-bond donors (Lipinski definition) is 16. The molecule has 0 fully saturated rings. The molecule has 0 aliphatic rings. The van der Waals surface area contributed by atoms with Crippen molar-refractivity contribution >= 4 is 290 Å². The molecule has 16 N–H and O–H groups in total. The monoisotopic (exact) mass is 2070 g/mol. The summed E-state index contributed by atoms with van der Waals surface area (Å²) in [5, 5.41) is 52.8. The third-order valence-electron chi connectivity index (χ3n) is 16.7. The van der Waals surface area contributed by atoms with E-state index in [0.29, 0.717) is 40.4 Å². The fourth-order valence-corrected chi connectivity index (χ4v) is 17.0. The van der Waals surface area contributed by atoms with Crippen LogP contribution in [0.4, 0.5) is 34.1 Å². The van der Waals surface area contributed by atoms with Crippen molar-refractivity contribution in [1.29, 1.82) is 0 Å². The molecule has 0 saturated heterocycles. The highest BCUT2D eigenvalue weighted by molar-refractivity contribution is 9.11. The number of nitrogens with one attached hydrogen (secondary N) is 14. The Labute approximate surface area is 756 Å². The van der Waals surface area contributed by atoms with Crippen LogP contribution in [0.15, 0.2) is 230 Å². The quantitative estimate of drug-likeness (QED) is 0.00379. The highest BCUT2D eigenvalue weighted by atomic mass is 79.9. The molecule has 123 heavy (non-hydrogen) atoms. The second kappa shape index (κ2) is 42.3. The lowest BCUT2D eigenvalue weighted by molar-refractivity contribution is -0.132. The lowest BCUT2D eigenvalue weighted by Gasteiger charge is -2.20. The molecule has 10 aromatic carbocycles. The van der Waals surface area contributed by atoms with Gasteiger partial charge in [-0.1, -0.05) is 109 Å². The van der Waals surface area contributed by atoms with Crippen molar-refractivity contribution in [1.82, 2.24) is 43.2 Å². The number of halogens is 4. The number of thiocarbonyl (C=S) groups is 4. The van der Waals surface area contributed by atoms with Crippen LogP contribution < -0.4 is 75.1 Å². The number of hydrazone groups is 2. The highest BCUT2D eigenvalue weighted by Gasteiger charge is 2.29. The maximum absolute atomic E-state index is 13.7. The summed E-state index contributed by atoms with van der Waals surface area (Å²) in [5.41, 5.74) is 14.6. The number of phenolic OH excluding ortho intramolecular Hbond substituents is 2. The van der Waals surface area contributed by atoms with Crippen LogP contribution in [0.3, 0.4) is 0 Å². The van der Waals surface area contributed by atoms with E-state index >= 15 is 0 Å². The zero-order valence-corrected chi connectivity index (χ0v) is 75.2. The summed E-state index contributed by atoms with van der Waals surface area (Å²) >= 11 is 34.3. The van der Waals surface area contributed by atoms with Crippen molar-refractivity contribution < 1.29 is 86.0 Å². The molecule has 0 radical (unpaired) electrons. The number of ether oxygens (including phenoxy) is 1. The standard InChI is InChI=1S/C76H66Br4N16O19S8/c77-57-29-41(30-58(78)67(57)97)39-83-91-69(99)65(85-51-19-13-43-5-1-3-7-49(43)33-51)71(101)93-95-75(118)89-55-23-17-47(63(37-55)122(109,110)111)11-9-45-15-21-53(35-61(45)120(103,104)105)87-73(116)81-25-27-115-28-26-82-74(117)88-54-22-16-46(62(36-54)121(106,107)108)10-12-48-18-24-56(38-64(48)123(112,113)114)90-76(119)96-94-72(102)66(86-52-20-14-44-6-2-4-8-50(44)34-52)70(100)92-84-40-42-31-59(79)68(98)60(80)32-42/h1-24,29-40,65-66,85-86,97-98H,25-28H2,(H,91,99)(H,92,100)(H,93,101)(H,94,102)(H2,81,87,116)(H2,82,88,117)(H2,89,95,118)(H2,90,96,119)(H,103,104,105)(H,106,107,108)(H,109,110,111)(H,112,113,114)/p-4/b11-9+,12-10+,83-39-,84-40-. The number of hydrazine groups is 2.